The second kappa shape index (κ2) is 2.81. The van der Waals surface area contributed by atoms with Gasteiger partial charge in [-0.15, -0.1) is 0 Å². The van der Waals surface area contributed by atoms with Gasteiger partial charge in [0.05, 0.1) is 0 Å². The van der Waals surface area contributed by atoms with Crippen LogP contribution < -0.4 is 0 Å². The second-order valence-electron chi connectivity index (χ2n) is 2.76. The molecule has 0 aromatic carbocycles. The van der Waals surface area contributed by atoms with Crippen LogP contribution in [0.2, 0.25) is 0 Å². The third kappa shape index (κ3) is 2.00. The van der Waals surface area contributed by atoms with E-state index in [2.05, 4.69) is 6.92 Å². The van der Waals surface area contributed by atoms with Gasteiger partial charge in [-0.3, -0.25) is 4.79 Å². The normalized spacial score (nSPS) is 28.1. The number of hydrogen-bond donors (Lipinski definition) is 0. The molecule has 0 spiro atoms. The Hall–Kier alpha value is -0.590. The monoisotopic (exact) mass is 124 g/mol. The molecule has 1 aliphatic carbocycles. The number of allylic oxidation sites excluding steroid dienone is 2. The average molecular weight is 124 g/mol. The summed E-state index contributed by atoms with van der Waals surface area (Å²) in [6, 6.07) is 0. The van der Waals surface area contributed by atoms with Gasteiger partial charge in [-0.1, -0.05) is 13.0 Å². The van der Waals surface area contributed by atoms with Gasteiger partial charge in [-0.2, -0.15) is 0 Å². The van der Waals surface area contributed by atoms with Crippen molar-refractivity contribution >= 4 is 5.78 Å². The summed E-state index contributed by atoms with van der Waals surface area (Å²) in [6.07, 6.45) is 6.68. The quantitative estimate of drug-likeness (QED) is 0.482. The molecule has 0 radical (unpaired) electrons. The molecule has 1 aliphatic rings. The predicted octanol–water partition coefficient (Wildman–Crippen LogP) is 1.93. The number of carbonyl (C=O) groups is 1. The Bertz CT molecular complexity index is 136. The van der Waals surface area contributed by atoms with Crippen molar-refractivity contribution in [3.63, 3.8) is 0 Å². The van der Waals surface area contributed by atoms with Crippen LogP contribution in [0.15, 0.2) is 12.2 Å². The van der Waals surface area contributed by atoms with Crippen LogP contribution in [0, 0.1) is 5.92 Å². The van der Waals surface area contributed by atoms with E-state index in [0.717, 1.165) is 12.8 Å². The SMILES string of the molecule is C[C@@H]1CCC=CC(=O)C1. The Morgan fingerprint density at radius 2 is 2.44 bits per heavy atom. The Labute approximate surface area is 55.8 Å². The van der Waals surface area contributed by atoms with Gasteiger partial charge < -0.3 is 0 Å². The molecule has 0 aromatic heterocycles. The molecule has 0 saturated carbocycles. The van der Waals surface area contributed by atoms with Gasteiger partial charge >= 0.3 is 0 Å². The molecular formula is C8H12O. The van der Waals surface area contributed by atoms with E-state index in [-0.39, 0.29) is 0 Å². The molecule has 0 amide bonds. The number of hydrogen-bond acceptors (Lipinski definition) is 1. The van der Waals surface area contributed by atoms with Crippen molar-refractivity contribution in [3.05, 3.63) is 12.2 Å². The summed E-state index contributed by atoms with van der Waals surface area (Å²) in [5, 5.41) is 0. The van der Waals surface area contributed by atoms with Crippen molar-refractivity contribution in [1.29, 1.82) is 0 Å². The average Bonchev–Trinajstić information content (AvgIpc) is 1.93. The van der Waals surface area contributed by atoms with Gasteiger partial charge in [-0.05, 0) is 24.8 Å². The summed E-state index contributed by atoms with van der Waals surface area (Å²) in [7, 11) is 0. The summed E-state index contributed by atoms with van der Waals surface area (Å²) < 4.78 is 0. The van der Waals surface area contributed by atoms with Crippen LogP contribution in [-0.4, -0.2) is 5.78 Å². The van der Waals surface area contributed by atoms with E-state index in [4.69, 9.17) is 0 Å². The van der Waals surface area contributed by atoms with E-state index < -0.39 is 0 Å². The van der Waals surface area contributed by atoms with Gasteiger partial charge in [0.15, 0.2) is 5.78 Å². The van der Waals surface area contributed by atoms with Gasteiger partial charge in [0.1, 0.15) is 0 Å². The minimum Gasteiger partial charge on any atom is -0.295 e. The van der Waals surface area contributed by atoms with E-state index in [9.17, 15) is 4.79 Å². The third-order valence-electron chi connectivity index (χ3n) is 1.68. The topological polar surface area (TPSA) is 17.1 Å². The highest BCUT2D eigenvalue weighted by Crippen LogP contribution is 2.14. The minimum atomic E-state index is 0.292. The molecule has 0 fully saturated rings. The van der Waals surface area contributed by atoms with Crippen LogP contribution in [0.5, 0.6) is 0 Å². The van der Waals surface area contributed by atoms with Crippen molar-refractivity contribution in [2.75, 3.05) is 0 Å². The number of carbonyl (C=O) groups excluding carboxylic acids is 1. The summed E-state index contributed by atoms with van der Waals surface area (Å²) in [6.45, 7) is 2.13. The van der Waals surface area contributed by atoms with Crippen LogP contribution in [-0.2, 0) is 4.79 Å². The van der Waals surface area contributed by atoms with Crippen LogP contribution in [0.3, 0.4) is 0 Å². The maximum Gasteiger partial charge on any atom is 0.155 e. The fraction of sp³-hybridized carbons (Fsp3) is 0.625. The first kappa shape index (κ1) is 6.53. The van der Waals surface area contributed by atoms with Crippen molar-refractivity contribution in [2.45, 2.75) is 26.2 Å². The minimum absolute atomic E-state index is 0.292. The van der Waals surface area contributed by atoms with Gasteiger partial charge in [0, 0.05) is 6.42 Å². The summed E-state index contributed by atoms with van der Waals surface area (Å²) >= 11 is 0. The van der Waals surface area contributed by atoms with Crippen molar-refractivity contribution < 1.29 is 4.79 Å². The van der Waals surface area contributed by atoms with Crippen molar-refractivity contribution in [1.82, 2.24) is 0 Å². The van der Waals surface area contributed by atoms with Crippen molar-refractivity contribution in [3.8, 4) is 0 Å². The van der Waals surface area contributed by atoms with Crippen LogP contribution in [0.25, 0.3) is 0 Å². The second-order valence-corrected chi connectivity index (χ2v) is 2.76. The van der Waals surface area contributed by atoms with Crippen LogP contribution in [0.4, 0.5) is 0 Å². The van der Waals surface area contributed by atoms with Gasteiger partial charge in [-0.25, -0.2) is 0 Å². The standard InChI is InChI=1S/C8H12O/c1-7-4-2-3-5-8(9)6-7/h3,5,7H,2,4,6H2,1H3/t7-/m1/s1. The first-order valence-corrected chi connectivity index (χ1v) is 3.48. The van der Waals surface area contributed by atoms with Gasteiger partial charge in [0.25, 0.3) is 0 Å². The molecule has 1 atom stereocenters. The molecule has 1 nitrogen and oxygen atoms in total. The first-order valence-electron chi connectivity index (χ1n) is 3.48. The highest BCUT2D eigenvalue weighted by molar-refractivity contribution is 5.89. The molecule has 1 heteroatoms. The molecule has 0 heterocycles. The van der Waals surface area contributed by atoms with E-state index >= 15 is 0 Å². The molecule has 0 aromatic rings. The lowest BCUT2D eigenvalue weighted by Crippen LogP contribution is -1.98. The lowest BCUT2D eigenvalue weighted by molar-refractivity contribution is -0.115. The molecule has 50 valence electrons. The zero-order chi connectivity index (χ0) is 6.69. The molecule has 1 rings (SSSR count). The maximum absolute atomic E-state index is 10.8. The zero-order valence-electron chi connectivity index (χ0n) is 5.76. The Kier molecular flexibility index (Phi) is 2.04. The fourth-order valence-corrected chi connectivity index (χ4v) is 1.11. The molecule has 0 unspecified atom stereocenters. The summed E-state index contributed by atoms with van der Waals surface area (Å²) in [4.78, 5) is 10.8. The maximum atomic E-state index is 10.8. The van der Waals surface area contributed by atoms with E-state index in [1.54, 1.807) is 6.08 Å². The molecule has 9 heavy (non-hydrogen) atoms. The fourth-order valence-electron chi connectivity index (χ4n) is 1.11. The molecule has 0 N–H and O–H groups in total. The van der Waals surface area contributed by atoms with E-state index in [1.807, 2.05) is 6.08 Å². The Morgan fingerprint density at radius 3 is 3.22 bits per heavy atom. The lowest BCUT2D eigenvalue weighted by Gasteiger charge is -2.02. The summed E-state index contributed by atoms with van der Waals surface area (Å²) in [5.41, 5.74) is 0. The molecule has 0 bridgehead atoms. The Balaban J connectivity index is 2.50. The molecule has 0 saturated heterocycles. The molecule has 0 aliphatic heterocycles. The molecular weight excluding hydrogens is 112 g/mol. The summed E-state index contributed by atoms with van der Waals surface area (Å²) in [5.74, 6) is 0.882. The largest absolute Gasteiger partial charge is 0.295 e. The third-order valence-corrected chi connectivity index (χ3v) is 1.68. The number of rotatable bonds is 0. The highest BCUT2D eigenvalue weighted by Gasteiger charge is 2.08. The lowest BCUT2D eigenvalue weighted by atomic mass is 10.0. The number of ketones is 1. The highest BCUT2D eigenvalue weighted by atomic mass is 16.1. The Morgan fingerprint density at radius 1 is 1.67 bits per heavy atom. The van der Waals surface area contributed by atoms with Crippen LogP contribution in [0.1, 0.15) is 26.2 Å². The predicted molar refractivity (Wildman–Crippen MR) is 37.2 cm³/mol. The van der Waals surface area contributed by atoms with E-state index in [1.165, 1.54) is 6.42 Å². The van der Waals surface area contributed by atoms with Crippen molar-refractivity contribution in [2.24, 2.45) is 5.92 Å². The van der Waals surface area contributed by atoms with Crippen LogP contribution >= 0.6 is 0 Å². The zero-order valence-corrected chi connectivity index (χ0v) is 5.76. The van der Waals surface area contributed by atoms with E-state index in [0.29, 0.717) is 11.7 Å². The first-order chi connectivity index (χ1) is 4.29. The van der Waals surface area contributed by atoms with Gasteiger partial charge in [0.2, 0.25) is 0 Å². The smallest absolute Gasteiger partial charge is 0.155 e.